The Morgan fingerprint density at radius 2 is 1.58 bits per heavy atom. The molecule has 2 N–H and O–H groups in total. The predicted molar refractivity (Wildman–Crippen MR) is 92.8 cm³/mol. The molecular weight excluding hydrogens is 308 g/mol. The quantitative estimate of drug-likeness (QED) is 0.863. The summed E-state index contributed by atoms with van der Waals surface area (Å²) in [7, 11) is 1.73. The first kappa shape index (κ1) is 20.2. The van der Waals surface area contributed by atoms with Crippen LogP contribution in [0.5, 0.6) is 0 Å². The first-order valence-corrected chi connectivity index (χ1v) is 8.30. The number of carbonyl (C=O) groups is 2. The van der Waals surface area contributed by atoms with Crippen molar-refractivity contribution < 1.29 is 24.5 Å². The lowest BCUT2D eigenvalue weighted by Crippen LogP contribution is -2.34. The normalized spacial score (nSPS) is 20.0. The zero-order valence-corrected chi connectivity index (χ0v) is 15.0. The molecule has 1 saturated carbocycles. The summed E-state index contributed by atoms with van der Waals surface area (Å²) in [4.78, 5) is 21.2. The minimum Gasteiger partial charge on any atom is -0.450 e. The van der Waals surface area contributed by atoms with Gasteiger partial charge in [-0.05, 0) is 50.3 Å². The van der Waals surface area contributed by atoms with E-state index in [4.69, 9.17) is 19.7 Å². The van der Waals surface area contributed by atoms with Gasteiger partial charge < -0.3 is 14.9 Å². The number of carboxylic acid groups (broad SMARTS) is 2. The van der Waals surface area contributed by atoms with Gasteiger partial charge in [-0.2, -0.15) is 0 Å². The molecule has 0 amide bonds. The first-order valence-electron chi connectivity index (χ1n) is 8.30. The van der Waals surface area contributed by atoms with Crippen LogP contribution in [0.1, 0.15) is 47.9 Å². The molecule has 0 saturated heterocycles. The monoisotopic (exact) mass is 336 g/mol. The van der Waals surface area contributed by atoms with Gasteiger partial charge in [0, 0.05) is 19.4 Å². The molecule has 1 aliphatic carbocycles. The van der Waals surface area contributed by atoms with Crippen molar-refractivity contribution in [2.24, 2.45) is 5.92 Å². The van der Waals surface area contributed by atoms with Crippen LogP contribution < -0.4 is 0 Å². The van der Waals surface area contributed by atoms with Crippen LogP contribution in [0.2, 0.25) is 0 Å². The fraction of sp³-hybridized carbons (Fsp3) is 0.579. The van der Waals surface area contributed by atoms with Crippen molar-refractivity contribution in [3.63, 3.8) is 0 Å². The lowest BCUT2D eigenvalue weighted by Gasteiger charge is -2.29. The number of ketones is 1. The SMILES string of the molecule is COC1CCCCC1C(=O)Cc1c(C)cc(C)cc1C.O=C(O)O. The summed E-state index contributed by atoms with van der Waals surface area (Å²) in [5.41, 5.74) is 4.95. The third-order valence-corrected chi connectivity index (χ3v) is 4.61. The minimum absolute atomic E-state index is 0.0915. The van der Waals surface area contributed by atoms with E-state index < -0.39 is 6.16 Å². The van der Waals surface area contributed by atoms with Crippen LogP contribution in [-0.2, 0) is 16.0 Å². The molecule has 5 nitrogen and oxygen atoms in total. The zero-order valence-electron chi connectivity index (χ0n) is 15.0. The van der Waals surface area contributed by atoms with Crippen molar-refractivity contribution in [3.8, 4) is 0 Å². The number of aryl methyl sites for hydroxylation is 3. The summed E-state index contributed by atoms with van der Waals surface area (Å²) in [6, 6.07) is 4.34. The van der Waals surface area contributed by atoms with Crippen LogP contribution in [0.15, 0.2) is 12.1 Å². The third-order valence-electron chi connectivity index (χ3n) is 4.61. The lowest BCUT2D eigenvalue weighted by molar-refractivity contribution is -0.128. The maximum absolute atomic E-state index is 12.6. The van der Waals surface area contributed by atoms with E-state index in [-0.39, 0.29) is 12.0 Å². The fourth-order valence-electron chi connectivity index (χ4n) is 3.54. The van der Waals surface area contributed by atoms with E-state index in [2.05, 4.69) is 32.9 Å². The summed E-state index contributed by atoms with van der Waals surface area (Å²) in [6.07, 6.45) is 3.21. The van der Waals surface area contributed by atoms with Crippen molar-refractivity contribution in [3.05, 3.63) is 34.4 Å². The van der Waals surface area contributed by atoms with E-state index in [0.717, 1.165) is 19.3 Å². The van der Waals surface area contributed by atoms with Gasteiger partial charge in [0.1, 0.15) is 5.78 Å². The van der Waals surface area contributed by atoms with Gasteiger partial charge >= 0.3 is 6.16 Å². The Balaban J connectivity index is 0.000000648. The summed E-state index contributed by atoms with van der Waals surface area (Å²) in [6.45, 7) is 6.32. The Labute approximate surface area is 143 Å². The second-order valence-electron chi connectivity index (χ2n) is 6.47. The van der Waals surface area contributed by atoms with Gasteiger partial charge in [0.15, 0.2) is 0 Å². The van der Waals surface area contributed by atoms with Crippen LogP contribution in [0.4, 0.5) is 4.79 Å². The van der Waals surface area contributed by atoms with Crippen LogP contribution in [-0.4, -0.2) is 35.4 Å². The molecule has 2 rings (SSSR count). The Morgan fingerprint density at radius 1 is 1.08 bits per heavy atom. The van der Waals surface area contributed by atoms with Gasteiger partial charge in [0.25, 0.3) is 0 Å². The van der Waals surface area contributed by atoms with Crippen molar-refractivity contribution in [1.29, 1.82) is 0 Å². The van der Waals surface area contributed by atoms with E-state index in [0.29, 0.717) is 12.2 Å². The molecule has 1 aliphatic rings. The molecule has 1 aromatic carbocycles. The molecule has 0 radical (unpaired) electrons. The smallest absolute Gasteiger partial charge is 0.450 e. The highest BCUT2D eigenvalue weighted by Gasteiger charge is 2.30. The van der Waals surface area contributed by atoms with Gasteiger partial charge in [-0.15, -0.1) is 0 Å². The molecule has 0 bridgehead atoms. The number of ether oxygens (including phenoxy) is 1. The number of benzene rings is 1. The molecular formula is C19H28O5. The number of carbonyl (C=O) groups excluding carboxylic acids is 1. The van der Waals surface area contributed by atoms with E-state index >= 15 is 0 Å². The first-order chi connectivity index (χ1) is 11.3. The number of hydrogen-bond donors (Lipinski definition) is 2. The molecule has 0 spiro atoms. The molecule has 0 heterocycles. The maximum atomic E-state index is 12.6. The van der Waals surface area contributed by atoms with E-state index in [1.807, 2.05) is 0 Å². The van der Waals surface area contributed by atoms with Crippen LogP contribution in [0.3, 0.4) is 0 Å². The number of Topliss-reactive ketones (excluding diaryl/α,β-unsaturated/α-hetero) is 1. The fourth-order valence-corrected chi connectivity index (χ4v) is 3.54. The molecule has 5 heteroatoms. The largest absolute Gasteiger partial charge is 0.503 e. The Hall–Kier alpha value is -1.88. The highest BCUT2D eigenvalue weighted by molar-refractivity contribution is 5.84. The molecule has 0 aliphatic heterocycles. The average Bonchev–Trinajstić information content (AvgIpc) is 2.50. The number of hydrogen-bond acceptors (Lipinski definition) is 3. The van der Waals surface area contributed by atoms with Crippen molar-refractivity contribution >= 4 is 11.9 Å². The van der Waals surface area contributed by atoms with Crippen LogP contribution in [0.25, 0.3) is 0 Å². The van der Waals surface area contributed by atoms with E-state index in [1.165, 1.54) is 28.7 Å². The van der Waals surface area contributed by atoms with E-state index in [9.17, 15) is 4.79 Å². The van der Waals surface area contributed by atoms with Crippen LogP contribution in [0, 0.1) is 26.7 Å². The highest BCUT2D eigenvalue weighted by atomic mass is 16.6. The van der Waals surface area contributed by atoms with Gasteiger partial charge in [-0.25, -0.2) is 4.79 Å². The Morgan fingerprint density at radius 3 is 2.08 bits per heavy atom. The van der Waals surface area contributed by atoms with Gasteiger partial charge in [-0.3, -0.25) is 4.79 Å². The molecule has 2 atom stereocenters. The minimum atomic E-state index is -1.83. The van der Waals surface area contributed by atoms with Gasteiger partial charge in [-0.1, -0.05) is 30.5 Å². The molecule has 0 aromatic heterocycles. The number of rotatable bonds is 4. The second-order valence-corrected chi connectivity index (χ2v) is 6.47. The second kappa shape index (κ2) is 9.42. The highest BCUT2D eigenvalue weighted by Crippen LogP contribution is 2.29. The van der Waals surface area contributed by atoms with Crippen molar-refractivity contribution in [2.75, 3.05) is 7.11 Å². The summed E-state index contributed by atoms with van der Waals surface area (Å²) in [5, 5.41) is 13.9. The maximum Gasteiger partial charge on any atom is 0.503 e. The van der Waals surface area contributed by atoms with E-state index in [1.54, 1.807) is 7.11 Å². The standard InChI is InChI=1S/C18H26O2.CH2O3/c1-12-9-13(2)16(14(3)10-12)11-17(19)15-7-5-6-8-18(15)20-4;2-1(3)4/h9-10,15,18H,5-8,11H2,1-4H3;(H2,2,3,4). The summed E-state index contributed by atoms with van der Waals surface area (Å²) >= 11 is 0. The summed E-state index contributed by atoms with van der Waals surface area (Å²) < 4.78 is 5.52. The van der Waals surface area contributed by atoms with Crippen LogP contribution >= 0.6 is 0 Å². The number of methoxy groups -OCH3 is 1. The molecule has 134 valence electrons. The predicted octanol–water partition coefficient (Wildman–Crippen LogP) is 4.15. The molecule has 1 fully saturated rings. The lowest BCUT2D eigenvalue weighted by atomic mass is 9.81. The molecule has 24 heavy (non-hydrogen) atoms. The van der Waals surface area contributed by atoms with Crippen molar-refractivity contribution in [2.45, 2.75) is 59.0 Å². The molecule has 1 aromatic rings. The Kier molecular flexibility index (Phi) is 7.92. The average molecular weight is 336 g/mol. The van der Waals surface area contributed by atoms with Crippen molar-refractivity contribution in [1.82, 2.24) is 0 Å². The Bertz CT molecular complexity index is 552. The van der Waals surface area contributed by atoms with Gasteiger partial charge in [0.2, 0.25) is 0 Å². The zero-order chi connectivity index (χ0) is 18.3. The summed E-state index contributed by atoms with van der Waals surface area (Å²) in [5.74, 6) is 0.445. The van der Waals surface area contributed by atoms with Gasteiger partial charge in [0.05, 0.1) is 6.10 Å². The third kappa shape index (κ3) is 5.96. The topological polar surface area (TPSA) is 83.8 Å². The molecule has 2 unspecified atom stereocenters.